The van der Waals surface area contributed by atoms with Gasteiger partial charge in [0.1, 0.15) is 13.2 Å². The summed E-state index contributed by atoms with van der Waals surface area (Å²) >= 11 is 0. The molecule has 0 fully saturated rings. The second-order valence-corrected chi connectivity index (χ2v) is 8.14. The number of rotatable bonds is 10. The van der Waals surface area contributed by atoms with E-state index in [0.717, 1.165) is 11.1 Å². The van der Waals surface area contributed by atoms with Gasteiger partial charge in [0.15, 0.2) is 28.8 Å². The molecule has 0 aliphatic heterocycles. The first-order chi connectivity index (χ1) is 18.4. The first-order valence-electron chi connectivity index (χ1n) is 11.8. The Kier molecular flexibility index (Phi) is 17.0. The SMILES string of the molecule is COc1cc(C(=O)O)ccc1OCc1ccccc1.COc1cc(C(C)=O)ccc1OCc1ccccc1.O.[Li+].[OH-]. The molecule has 0 aliphatic rings. The van der Waals surface area contributed by atoms with Crippen molar-refractivity contribution >= 4 is 11.8 Å². The number of ether oxygens (including phenoxy) is 4. The van der Waals surface area contributed by atoms with Crippen LogP contribution in [0.3, 0.4) is 0 Å². The third kappa shape index (κ3) is 11.4. The van der Waals surface area contributed by atoms with E-state index < -0.39 is 5.97 Å². The van der Waals surface area contributed by atoms with E-state index in [4.69, 9.17) is 24.1 Å². The molecule has 10 heteroatoms. The zero-order chi connectivity index (χ0) is 27.3. The van der Waals surface area contributed by atoms with Crippen LogP contribution in [0.1, 0.15) is 38.8 Å². The Balaban J connectivity index is 0.000000727. The summed E-state index contributed by atoms with van der Waals surface area (Å²) < 4.78 is 21.7. The Hall–Kier alpha value is -4.26. The first-order valence-corrected chi connectivity index (χ1v) is 11.8. The van der Waals surface area contributed by atoms with Crippen molar-refractivity contribution in [2.45, 2.75) is 20.1 Å². The van der Waals surface area contributed by atoms with Gasteiger partial charge in [0.2, 0.25) is 0 Å². The minimum Gasteiger partial charge on any atom is -0.870 e. The molecule has 0 atom stereocenters. The summed E-state index contributed by atoms with van der Waals surface area (Å²) in [5, 5.41) is 8.91. The maximum atomic E-state index is 11.3. The van der Waals surface area contributed by atoms with Gasteiger partial charge in [-0.2, -0.15) is 0 Å². The zero-order valence-electron chi connectivity index (χ0n) is 23.5. The fraction of sp³-hybridized carbons (Fsp3) is 0.161. The second-order valence-electron chi connectivity index (χ2n) is 8.14. The average Bonchev–Trinajstić information content (AvgIpc) is 2.96. The van der Waals surface area contributed by atoms with Crippen LogP contribution in [0.4, 0.5) is 0 Å². The molecule has 4 aromatic carbocycles. The van der Waals surface area contributed by atoms with Crippen molar-refractivity contribution in [2.24, 2.45) is 0 Å². The molecule has 4 N–H and O–H groups in total. The average molecular weight is 557 g/mol. The smallest absolute Gasteiger partial charge is 0.870 e. The van der Waals surface area contributed by atoms with Gasteiger partial charge in [-0.3, -0.25) is 4.79 Å². The zero-order valence-corrected chi connectivity index (χ0v) is 23.5. The molecule has 4 aromatic rings. The molecule has 0 spiro atoms. The monoisotopic (exact) mass is 556 g/mol. The van der Waals surface area contributed by atoms with Crippen LogP contribution in [0.15, 0.2) is 97.1 Å². The van der Waals surface area contributed by atoms with Crippen LogP contribution in [0.25, 0.3) is 0 Å². The van der Waals surface area contributed by atoms with Crippen LogP contribution in [-0.2, 0) is 13.2 Å². The van der Waals surface area contributed by atoms with Gasteiger partial charge < -0.3 is 35.0 Å². The molecule has 9 nitrogen and oxygen atoms in total. The minimum absolute atomic E-state index is 0. The maximum Gasteiger partial charge on any atom is 1.00 e. The number of ketones is 1. The van der Waals surface area contributed by atoms with E-state index in [1.807, 2.05) is 60.7 Å². The number of hydrogen-bond acceptors (Lipinski definition) is 7. The normalized spacial score (nSPS) is 9.24. The molecular weight excluding hydrogens is 523 g/mol. The van der Waals surface area contributed by atoms with E-state index in [1.165, 1.54) is 26.2 Å². The van der Waals surface area contributed by atoms with Crippen LogP contribution < -0.4 is 37.8 Å². The van der Waals surface area contributed by atoms with Crippen molar-refractivity contribution < 1.29 is 63.5 Å². The molecule has 0 saturated carbocycles. The van der Waals surface area contributed by atoms with Crippen LogP contribution >= 0.6 is 0 Å². The summed E-state index contributed by atoms with van der Waals surface area (Å²) in [5.74, 6) is 1.16. The summed E-state index contributed by atoms with van der Waals surface area (Å²) in [7, 11) is 3.05. The molecule has 0 saturated heterocycles. The first kappa shape index (κ1) is 36.7. The quantitative estimate of drug-likeness (QED) is 0.231. The van der Waals surface area contributed by atoms with Gasteiger partial charge in [0.25, 0.3) is 0 Å². The fourth-order valence-electron chi connectivity index (χ4n) is 3.40. The van der Waals surface area contributed by atoms with E-state index in [-0.39, 0.29) is 41.2 Å². The van der Waals surface area contributed by atoms with Crippen LogP contribution in [-0.4, -0.2) is 42.0 Å². The van der Waals surface area contributed by atoms with Crippen molar-refractivity contribution in [1.82, 2.24) is 0 Å². The number of carbonyl (C=O) groups is 2. The predicted molar refractivity (Wildman–Crippen MR) is 150 cm³/mol. The van der Waals surface area contributed by atoms with Crippen molar-refractivity contribution in [3.63, 3.8) is 0 Å². The van der Waals surface area contributed by atoms with E-state index >= 15 is 0 Å². The Morgan fingerprint density at radius 3 is 1.39 bits per heavy atom. The van der Waals surface area contributed by atoms with Crippen LogP contribution in [0.5, 0.6) is 23.0 Å². The summed E-state index contributed by atoms with van der Waals surface area (Å²) in [6, 6.07) is 29.3. The van der Waals surface area contributed by atoms with E-state index in [1.54, 1.807) is 31.4 Å². The summed E-state index contributed by atoms with van der Waals surface area (Å²) in [6.45, 7) is 2.40. The molecular formula is C31H33LiO9. The Morgan fingerprint density at radius 1 is 0.634 bits per heavy atom. The number of carboxylic acid groups (broad SMARTS) is 1. The number of benzene rings is 4. The molecule has 0 unspecified atom stereocenters. The van der Waals surface area contributed by atoms with Crippen molar-refractivity contribution in [3.8, 4) is 23.0 Å². The largest absolute Gasteiger partial charge is 1.00 e. The number of hydrogen-bond donors (Lipinski definition) is 1. The van der Waals surface area contributed by atoms with E-state index in [2.05, 4.69) is 0 Å². The van der Waals surface area contributed by atoms with Gasteiger partial charge in [-0.15, -0.1) is 0 Å². The standard InChI is InChI=1S/C16H16O3.C15H14O4.Li.2H2O/c1-12(17)14-8-9-15(16(10-14)18-2)19-11-13-6-4-3-5-7-13;1-18-14-9-12(15(16)17)7-8-13(14)19-10-11-5-3-2-4-6-11;;;/h3-10H,11H2,1-2H3;2-9H,10H2,1H3,(H,16,17);;2*1H2/q;;+1;;/p-1. The Bertz CT molecular complexity index is 1240. The molecule has 41 heavy (non-hydrogen) atoms. The summed E-state index contributed by atoms with van der Waals surface area (Å²) in [4.78, 5) is 22.2. The minimum atomic E-state index is -0.993. The molecule has 0 aliphatic carbocycles. The van der Waals surface area contributed by atoms with Crippen LogP contribution in [0.2, 0.25) is 0 Å². The number of methoxy groups -OCH3 is 2. The maximum absolute atomic E-state index is 11.3. The molecule has 0 aromatic heterocycles. The molecule has 0 radical (unpaired) electrons. The molecule has 0 amide bonds. The summed E-state index contributed by atoms with van der Waals surface area (Å²) in [6.07, 6.45) is 0. The van der Waals surface area contributed by atoms with Gasteiger partial charge >= 0.3 is 24.8 Å². The van der Waals surface area contributed by atoms with E-state index in [0.29, 0.717) is 41.8 Å². The Labute approximate surface area is 251 Å². The number of aromatic carboxylic acids is 1. The van der Waals surface area contributed by atoms with Crippen molar-refractivity contribution in [3.05, 3.63) is 119 Å². The Morgan fingerprint density at radius 2 is 1.02 bits per heavy atom. The molecule has 212 valence electrons. The van der Waals surface area contributed by atoms with Crippen molar-refractivity contribution in [1.29, 1.82) is 0 Å². The van der Waals surface area contributed by atoms with Crippen molar-refractivity contribution in [2.75, 3.05) is 14.2 Å². The van der Waals surface area contributed by atoms with Crippen LogP contribution in [0, 0.1) is 0 Å². The molecule has 0 bridgehead atoms. The van der Waals surface area contributed by atoms with Gasteiger partial charge in [-0.25, -0.2) is 4.79 Å². The third-order valence-electron chi connectivity index (χ3n) is 5.46. The number of carboxylic acids is 1. The van der Waals surface area contributed by atoms with Gasteiger partial charge in [-0.05, 0) is 54.4 Å². The van der Waals surface area contributed by atoms with Gasteiger partial charge in [0.05, 0.1) is 19.8 Å². The third-order valence-corrected chi connectivity index (χ3v) is 5.46. The van der Waals surface area contributed by atoms with Gasteiger partial charge in [-0.1, -0.05) is 60.7 Å². The fourth-order valence-corrected chi connectivity index (χ4v) is 3.40. The molecule has 0 heterocycles. The number of Topliss-reactive ketones (excluding diaryl/α,β-unsaturated/α-hetero) is 1. The summed E-state index contributed by atoms with van der Waals surface area (Å²) in [5.41, 5.74) is 2.90. The number of carbonyl (C=O) groups excluding carboxylic acids is 1. The van der Waals surface area contributed by atoms with E-state index in [9.17, 15) is 9.59 Å². The molecule has 4 rings (SSSR count). The topological polar surface area (TPSA) is 153 Å². The predicted octanol–water partition coefficient (Wildman–Crippen LogP) is 2.45. The van der Waals surface area contributed by atoms with Gasteiger partial charge in [0, 0.05) is 5.56 Å². The second kappa shape index (κ2) is 18.9.